The van der Waals surface area contributed by atoms with Gasteiger partial charge >= 0.3 is 21.1 Å². The maximum Gasteiger partial charge on any atom is 2.00 e. The molecule has 8 heteroatoms. The van der Waals surface area contributed by atoms with E-state index < -0.39 is 0 Å². The summed E-state index contributed by atoms with van der Waals surface area (Å²) in [6.45, 7) is 8.72. The average molecular weight is 820 g/mol. The molecule has 0 N–H and O–H groups in total. The first-order chi connectivity index (χ1) is 21.9. The largest absolute Gasteiger partial charge is 2.00 e. The smallest absolute Gasteiger partial charge is 0.509 e. The van der Waals surface area contributed by atoms with Crippen molar-refractivity contribution >= 4 is 45.3 Å². The Morgan fingerprint density at radius 2 is 1.50 bits per heavy atom. The fourth-order valence-corrected chi connectivity index (χ4v) is 7.85. The minimum atomic E-state index is 0. The molecule has 3 aromatic heterocycles. The molecule has 5 nitrogen and oxygen atoms in total. The number of aryl methyl sites for hydroxylation is 1. The summed E-state index contributed by atoms with van der Waals surface area (Å²) in [6.07, 6.45) is 10.2. The Balaban J connectivity index is 0.00000372. The molecule has 46 heavy (non-hydrogen) atoms. The molecule has 7 rings (SSSR count). The van der Waals surface area contributed by atoms with E-state index in [1.54, 1.807) is 23.5 Å². The summed E-state index contributed by atoms with van der Waals surface area (Å²) in [7, 11) is 0. The molecule has 0 spiro atoms. The molecule has 0 aliphatic rings. The molecule has 0 atom stereocenters. The third kappa shape index (κ3) is 5.59. The maximum atomic E-state index is 6.38. The normalized spacial score (nSPS) is 11.3. The number of fused-ring (bicyclic) bond motifs is 3. The van der Waals surface area contributed by atoms with E-state index in [0.717, 1.165) is 44.4 Å². The van der Waals surface area contributed by atoms with Crippen LogP contribution >= 0.6 is 23.5 Å². The molecule has 0 saturated heterocycles. The van der Waals surface area contributed by atoms with Crippen molar-refractivity contribution in [3.63, 3.8) is 0 Å². The average Bonchev–Trinajstić information content (AvgIpc) is 3.67. The van der Waals surface area contributed by atoms with Gasteiger partial charge in [0.15, 0.2) is 0 Å². The maximum absolute atomic E-state index is 6.38. The molecule has 0 radical (unpaired) electrons. The zero-order valence-electron chi connectivity index (χ0n) is 26.4. The molecule has 3 heterocycles. The van der Waals surface area contributed by atoms with Crippen molar-refractivity contribution in [3.8, 4) is 34.1 Å². The van der Waals surface area contributed by atoms with E-state index in [9.17, 15) is 0 Å². The Morgan fingerprint density at radius 3 is 2.24 bits per heavy atom. The summed E-state index contributed by atoms with van der Waals surface area (Å²) in [5, 5.41) is 7.00. The van der Waals surface area contributed by atoms with E-state index in [2.05, 4.69) is 104 Å². The second kappa shape index (κ2) is 13.2. The van der Waals surface area contributed by atoms with Gasteiger partial charge in [0.1, 0.15) is 5.82 Å². The molecule has 0 unspecified atom stereocenters. The standard InChI is InChI=1S/C38H32N4OS2.Pt/c1-23-16-17-39-35(18-23)42-33-13-8-7-12-31(33)32-15-14-30(20-34(32)42)43-29-11-9-10-28(19-29)41-22-27(21-40-41)36-37(44-5)25(3)24(2)26(4)38(36)45-6;/h7-18,21-22H,1-6H3;/q-2;+2. The van der Waals surface area contributed by atoms with Gasteiger partial charge < -0.3 is 9.30 Å². The topological polar surface area (TPSA) is 44.9 Å². The van der Waals surface area contributed by atoms with Crippen molar-refractivity contribution in [1.82, 2.24) is 19.3 Å². The van der Waals surface area contributed by atoms with Crippen LogP contribution in [0.1, 0.15) is 22.3 Å². The Bertz CT molecular complexity index is 2210. The molecule has 0 aliphatic carbocycles. The molecular formula is C38H32N4OPtS2. The van der Waals surface area contributed by atoms with Crippen LogP contribution in [0.3, 0.4) is 0 Å². The van der Waals surface area contributed by atoms with E-state index in [-0.39, 0.29) is 21.1 Å². The molecule has 4 aromatic carbocycles. The van der Waals surface area contributed by atoms with Gasteiger partial charge in [-0.05, 0) is 91.7 Å². The monoisotopic (exact) mass is 819 g/mol. The van der Waals surface area contributed by atoms with Crippen LogP contribution in [0.4, 0.5) is 0 Å². The minimum absolute atomic E-state index is 0. The summed E-state index contributed by atoms with van der Waals surface area (Å²) in [4.78, 5) is 7.28. The number of nitrogens with zero attached hydrogens (tertiary/aromatic N) is 4. The van der Waals surface area contributed by atoms with Gasteiger partial charge in [0, 0.05) is 50.3 Å². The second-order valence-corrected chi connectivity index (χ2v) is 12.8. The first-order valence-corrected chi connectivity index (χ1v) is 17.2. The molecule has 0 saturated carbocycles. The fourth-order valence-electron chi connectivity index (χ4n) is 6.02. The van der Waals surface area contributed by atoms with Crippen LogP contribution in [0, 0.1) is 39.8 Å². The number of rotatable bonds is 7. The number of hydrogen-bond donors (Lipinski definition) is 0. The first kappa shape index (κ1) is 32.2. The number of aromatic nitrogens is 4. The predicted octanol–water partition coefficient (Wildman–Crippen LogP) is 10.1. The molecule has 232 valence electrons. The summed E-state index contributed by atoms with van der Waals surface area (Å²) >= 11 is 3.59. The molecular weight excluding hydrogens is 788 g/mol. The van der Waals surface area contributed by atoms with Gasteiger partial charge in [-0.1, -0.05) is 23.7 Å². The van der Waals surface area contributed by atoms with Crippen LogP contribution in [0.15, 0.2) is 95.1 Å². The van der Waals surface area contributed by atoms with Crippen LogP contribution in [0.5, 0.6) is 11.5 Å². The Labute approximate surface area is 292 Å². The third-order valence-corrected chi connectivity index (χ3v) is 10.3. The number of pyridine rings is 1. The van der Waals surface area contributed by atoms with E-state index >= 15 is 0 Å². The molecule has 0 amide bonds. The molecule has 0 bridgehead atoms. The van der Waals surface area contributed by atoms with Crippen LogP contribution in [-0.4, -0.2) is 31.8 Å². The number of thioether (sulfide) groups is 2. The Kier molecular flexibility index (Phi) is 9.20. The number of benzene rings is 4. The Morgan fingerprint density at radius 1 is 0.761 bits per heavy atom. The van der Waals surface area contributed by atoms with Gasteiger partial charge in [0.2, 0.25) is 0 Å². The van der Waals surface area contributed by atoms with Gasteiger partial charge in [-0.3, -0.25) is 4.68 Å². The van der Waals surface area contributed by atoms with Crippen molar-refractivity contribution in [2.45, 2.75) is 37.5 Å². The predicted molar refractivity (Wildman–Crippen MR) is 188 cm³/mol. The van der Waals surface area contributed by atoms with E-state index in [1.165, 1.54) is 32.0 Å². The van der Waals surface area contributed by atoms with Gasteiger partial charge in [-0.15, -0.1) is 59.2 Å². The van der Waals surface area contributed by atoms with Gasteiger partial charge in [0.25, 0.3) is 0 Å². The van der Waals surface area contributed by atoms with E-state index in [1.807, 2.05) is 47.4 Å². The quantitative estimate of drug-likeness (QED) is 0.118. The summed E-state index contributed by atoms with van der Waals surface area (Å²) < 4.78 is 10.4. The van der Waals surface area contributed by atoms with Crippen LogP contribution < -0.4 is 4.74 Å². The van der Waals surface area contributed by atoms with Crippen molar-refractivity contribution < 1.29 is 25.8 Å². The van der Waals surface area contributed by atoms with Crippen LogP contribution in [0.25, 0.3) is 44.4 Å². The van der Waals surface area contributed by atoms with Gasteiger partial charge in [-0.2, -0.15) is 17.2 Å². The number of hydrogen-bond acceptors (Lipinski definition) is 5. The third-order valence-electron chi connectivity index (χ3n) is 8.45. The summed E-state index contributed by atoms with van der Waals surface area (Å²) in [5.41, 5.74) is 10.3. The molecule has 0 aliphatic heterocycles. The SMILES string of the molecule is CSc1c(C)c(C)c(C)c(SC)c1-c1cnn(-c2[c-]c(Oc3[c-]c4c(cc3)c3ccccc3n4-c3cc(C)ccn3)ccc2)c1.[Pt+2]. The van der Waals surface area contributed by atoms with Crippen LogP contribution in [0.2, 0.25) is 0 Å². The van der Waals surface area contributed by atoms with Crippen molar-refractivity contribution in [1.29, 1.82) is 0 Å². The van der Waals surface area contributed by atoms with Crippen molar-refractivity contribution in [2.24, 2.45) is 0 Å². The van der Waals surface area contributed by atoms with E-state index in [4.69, 9.17) is 9.84 Å². The molecule has 0 fully saturated rings. The zero-order valence-corrected chi connectivity index (χ0v) is 30.3. The fraction of sp³-hybridized carbons (Fsp3) is 0.158. The number of ether oxygens (including phenoxy) is 1. The van der Waals surface area contributed by atoms with Crippen molar-refractivity contribution in [3.05, 3.63) is 120 Å². The second-order valence-electron chi connectivity index (χ2n) is 11.1. The Hall–Kier alpha value is -3.77. The summed E-state index contributed by atoms with van der Waals surface area (Å²) in [5.74, 6) is 2.05. The zero-order chi connectivity index (χ0) is 31.2. The van der Waals surface area contributed by atoms with E-state index in [0.29, 0.717) is 11.5 Å². The first-order valence-electron chi connectivity index (χ1n) is 14.7. The minimum Gasteiger partial charge on any atom is -0.509 e. The molecule has 7 aromatic rings. The summed E-state index contributed by atoms with van der Waals surface area (Å²) in [6, 6.07) is 29.3. The van der Waals surface area contributed by atoms with Crippen LogP contribution in [-0.2, 0) is 21.1 Å². The van der Waals surface area contributed by atoms with Crippen molar-refractivity contribution in [2.75, 3.05) is 12.5 Å². The van der Waals surface area contributed by atoms with Gasteiger partial charge in [0.05, 0.1) is 6.20 Å². The van der Waals surface area contributed by atoms with Gasteiger partial charge in [-0.25, -0.2) is 4.98 Å². The number of para-hydroxylation sites is 1.